The Morgan fingerprint density at radius 1 is 1.27 bits per heavy atom. The Kier molecular flexibility index (Phi) is 4.26. The van der Waals surface area contributed by atoms with Crippen molar-refractivity contribution in [2.45, 2.75) is 43.5 Å². The topological polar surface area (TPSA) is 75.9 Å². The third kappa shape index (κ3) is 2.83. The number of nitrogens with one attached hydrogen (secondary N) is 1. The van der Waals surface area contributed by atoms with Crippen LogP contribution in [0.2, 0.25) is 0 Å². The van der Waals surface area contributed by atoms with Crippen LogP contribution in [-0.2, 0) is 12.8 Å². The average molecular weight is 454 g/mol. The molecule has 0 aliphatic heterocycles. The molecular weight excluding hydrogens is 434 g/mol. The molecule has 152 valence electrons. The van der Waals surface area contributed by atoms with E-state index in [2.05, 4.69) is 45.6 Å². The Balaban J connectivity index is 1.39. The number of hydrogen-bond donors (Lipinski definition) is 1. The lowest BCUT2D eigenvalue weighted by atomic mass is 9.89. The standard InChI is InChI=1S/C21H19N5OS3/c1-10-7-8-12-15(9-10)29-19-16(12)18(27)22-17(23-19)11(2)28-20-24-25-21-26(20)13-5-3-4-6-14(13)30-21/h3-6,10-11H,7-9H2,1-2H3,(H,22,23,27)/t10-,11-/m1/s1. The first-order valence-corrected chi connectivity index (χ1v) is 12.5. The van der Waals surface area contributed by atoms with Gasteiger partial charge in [-0.05, 0) is 49.8 Å². The van der Waals surface area contributed by atoms with Crippen molar-refractivity contribution >= 4 is 59.8 Å². The highest BCUT2D eigenvalue weighted by Gasteiger charge is 2.24. The molecular formula is C21H19N5OS3. The third-order valence-electron chi connectivity index (χ3n) is 5.76. The van der Waals surface area contributed by atoms with Crippen molar-refractivity contribution in [3.8, 4) is 0 Å². The number of benzene rings is 1. The Bertz CT molecular complexity index is 1480. The average Bonchev–Trinajstić information content (AvgIpc) is 3.39. The number of aromatic amines is 1. The van der Waals surface area contributed by atoms with E-state index < -0.39 is 0 Å². The first-order valence-electron chi connectivity index (χ1n) is 10.0. The Morgan fingerprint density at radius 3 is 3.03 bits per heavy atom. The van der Waals surface area contributed by atoms with Gasteiger partial charge < -0.3 is 4.98 Å². The molecule has 0 amide bonds. The number of thioether (sulfide) groups is 1. The molecule has 0 saturated heterocycles. The maximum atomic E-state index is 12.9. The molecule has 6 rings (SSSR count). The van der Waals surface area contributed by atoms with Crippen molar-refractivity contribution < 1.29 is 0 Å². The molecule has 4 aromatic heterocycles. The molecule has 6 nitrogen and oxygen atoms in total. The van der Waals surface area contributed by atoms with Crippen LogP contribution in [0.5, 0.6) is 0 Å². The number of thiophene rings is 1. The molecule has 0 bridgehead atoms. The summed E-state index contributed by atoms with van der Waals surface area (Å²) in [5, 5.41) is 10.3. The Morgan fingerprint density at radius 2 is 2.13 bits per heavy atom. The molecule has 5 aromatic rings. The van der Waals surface area contributed by atoms with Gasteiger partial charge in [-0.1, -0.05) is 42.2 Å². The van der Waals surface area contributed by atoms with E-state index in [9.17, 15) is 4.79 Å². The molecule has 0 radical (unpaired) electrons. The lowest BCUT2D eigenvalue weighted by molar-refractivity contribution is 0.509. The van der Waals surface area contributed by atoms with E-state index in [1.165, 1.54) is 15.1 Å². The van der Waals surface area contributed by atoms with Crippen molar-refractivity contribution in [2.24, 2.45) is 5.92 Å². The van der Waals surface area contributed by atoms with Crippen molar-refractivity contribution in [1.29, 1.82) is 0 Å². The zero-order valence-electron chi connectivity index (χ0n) is 16.5. The van der Waals surface area contributed by atoms with Gasteiger partial charge in [0.05, 0.1) is 20.9 Å². The van der Waals surface area contributed by atoms with Gasteiger partial charge in [0.15, 0.2) is 5.16 Å². The van der Waals surface area contributed by atoms with Crippen molar-refractivity contribution in [3.05, 3.63) is 50.9 Å². The van der Waals surface area contributed by atoms with Crippen LogP contribution >= 0.6 is 34.4 Å². The molecule has 0 saturated carbocycles. The molecule has 9 heteroatoms. The van der Waals surface area contributed by atoms with Crippen molar-refractivity contribution in [1.82, 2.24) is 24.6 Å². The second kappa shape index (κ2) is 6.90. The van der Waals surface area contributed by atoms with Gasteiger partial charge in [-0.2, -0.15) is 0 Å². The highest BCUT2D eigenvalue weighted by Crippen LogP contribution is 2.38. The van der Waals surface area contributed by atoms with Crippen LogP contribution in [0.3, 0.4) is 0 Å². The van der Waals surface area contributed by atoms with E-state index in [0.717, 1.165) is 45.1 Å². The van der Waals surface area contributed by atoms with Gasteiger partial charge >= 0.3 is 0 Å². The van der Waals surface area contributed by atoms with Gasteiger partial charge in [0.1, 0.15) is 10.7 Å². The number of rotatable bonds is 3. The van der Waals surface area contributed by atoms with Crippen LogP contribution < -0.4 is 5.56 Å². The summed E-state index contributed by atoms with van der Waals surface area (Å²) < 4.78 is 3.27. The van der Waals surface area contributed by atoms with Gasteiger partial charge in [-0.15, -0.1) is 21.5 Å². The van der Waals surface area contributed by atoms with Crippen LogP contribution in [0.1, 0.15) is 41.8 Å². The van der Waals surface area contributed by atoms with Gasteiger partial charge in [-0.3, -0.25) is 9.20 Å². The molecule has 0 unspecified atom stereocenters. The number of hydrogen-bond acceptors (Lipinski definition) is 7. The number of para-hydroxylation sites is 1. The van der Waals surface area contributed by atoms with E-state index in [1.54, 1.807) is 34.4 Å². The van der Waals surface area contributed by atoms with Gasteiger partial charge in [0, 0.05) is 4.88 Å². The number of thiazole rings is 1. The predicted octanol–water partition coefficient (Wildman–Crippen LogP) is 5.22. The van der Waals surface area contributed by atoms with Gasteiger partial charge in [0.25, 0.3) is 5.56 Å². The summed E-state index contributed by atoms with van der Waals surface area (Å²) >= 11 is 4.89. The minimum absolute atomic E-state index is 0.0122. The summed E-state index contributed by atoms with van der Waals surface area (Å²) in [4.78, 5) is 23.9. The lowest BCUT2D eigenvalue weighted by Gasteiger charge is -2.17. The summed E-state index contributed by atoms with van der Waals surface area (Å²) in [7, 11) is 0. The SMILES string of the molecule is C[C@@H]1CCc2c(sc3nc([C@@H](C)Sc4nnc5sc6ccccc6n45)[nH]c(=O)c23)C1. The fourth-order valence-corrected chi connectivity index (χ4v) is 7.53. The monoisotopic (exact) mass is 453 g/mol. The largest absolute Gasteiger partial charge is 0.309 e. The number of nitrogens with zero attached hydrogens (tertiary/aromatic N) is 4. The molecule has 2 atom stereocenters. The first-order chi connectivity index (χ1) is 14.6. The molecule has 30 heavy (non-hydrogen) atoms. The van der Waals surface area contributed by atoms with Crippen LogP contribution in [0.4, 0.5) is 0 Å². The maximum absolute atomic E-state index is 12.9. The lowest BCUT2D eigenvalue weighted by Crippen LogP contribution is -2.15. The van der Waals surface area contributed by atoms with Gasteiger partial charge in [-0.25, -0.2) is 4.98 Å². The fraction of sp³-hybridized carbons (Fsp3) is 0.333. The Labute approximate surface area is 184 Å². The molecule has 0 spiro atoms. The molecule has 1 aliphatic carbocycles. The van der Waals surface area contributed by atoms with Crippen molar-refractivity contribution in [2.75, 3.05) is 0 Å². The second-order valence-corrected chi connectivity index (χ2v) is 11.3. The number of fused-ring (bicyclic) bond motifs is 6. The van der Waals surface area contributed by atoms with Crippen LogP contribution in [-0.4, -0.2) is 24.6 Å². The van der Waals surface area contributed by atoms with Crippen LogP contribution in [0.15, 0.2) is 34.2 Å². The van der Waals surface area contributed by atoms with E-state index in [-0.39, 0.29) is 10.8 Å². The highest BCUT2D eigenvalue weighted by atomic mass is 32.2. The molecule has 1 aromatic carbocycles. The molecule has 1 aliphatic rings. The van der Waals surface area contributed by atoms with Gasteiger partial charge in [0.2, 0.25) is 4.96 Å². The highest BCUT2D eigenvalue weighted by molar-refractivity contribution is 7.99. The minimum Gasteiger partial charge on any atom is -0.309 e. The zero-order valence-corrected chi connectivity index (χ0v) is 19.0. The molecule has 0 fully saturated rings. The Hall–Kier alpha value is -2.23. The predicted molar refractivity (Wildman–Crippen MR) is 124 cm³/mol. The van der Waals surface area contributed by atoms with E-state index in [4.69, 9.17) is 4.98 Å². The third-order valence-corrected chi connectivity index (χ3v) is 8.97. The molecule has 1 N–H and O–H groups in total. The summed E-state index contributed by atoms with van der Waals surface area (Å²) in [5.41, 5.74) is 2.31. The summed E-state index contributed by atoms with van der Waals surface area (Å²) in [6.45, 7) is 4.34. The number of aromatic nitrogens is 5. The fourth-order valence-electron chi connectivity index (χ4n) is 4.20. The maximum Gasteiger partial charge on any atom is 0.259 e. The number of H-pyrrole nitrogens is 1. The smallest absolute Gasteiger partial charge is 0.259 e. The molecule has 4 heterocycles. The normalized spacial score (nSPS) is 17.7. The van der Waals surface area contributed by atoms with E-state index in [0.29, 0.717) is 11.7 Å². The van der Waals surface area contributed by atoms with Crippen molar-refractivity contribution in [3.63, 3.8) is 0 Å². The van der Waals surface area contributed by atoms with E-state index >= 15 is 0 Å². The quantitative estimate of drug-likeness (QED) is 0.379. The second-order valence-electron chi connectivity index (χ2n) is 7.91. The van der Waals surface area contributed by atoms with Crippen LogP contribution in [0, 0.1) is 5.92 Å². The summed E-state index contributed by atoms with van der Waals surface area (Å²) in [6.07, 6.45) is 3.18. The minimum atomic E-state index is -0.0498. The first kappa shape index (κ1) is 18.5. The zero-order chi connectivity index (χ0) is 20.4. The summed E-state index contributed by atoms with van der Waals surface area (Å²) in [6, 6.07) is 8.24. The summed E-state index contributed by atoms with van der Waals surface area (Å²) in [5.74, 6) is 1.37. The van der Waals surface area contributed by atoms with E-state index in [1.807, 2.05) is 12.1 Å². The number of aryl methyl sites for hydroxylation is 1. The van der Waals surface area contributed by atoms with Crippen LogP contribution in [0.25, 0.3) is 25.4 Å².